The Kier molecular flexibility index (Phi) is 3.72. The molecule has 1 aromatic heterocycles. The van der Waals surface area contributed by atoms with Gasteiger partial charge >= 0.3 is 0 Å². The summed E-state index contributed by atoms with van der Waals surface area (Å²) in [4.78, 5) is 11.8. The summed E-state index contributed by atoms with van der Waals surface area (Å²) < 4.78 is 7.15. The molecular weight excluding hydrogens is 204 g/mol. The fraction of sp³-hybridized carbons (Fsp3) is 0.667. The van der Waals surface area contributed by atoms with Crippen LogP contribution in [-0.4, -0.2) is 28.3 Å². The van der Waals surface area contributed by atoms with Crippen molar-refractivity contribution in [2.24, 2.45) is 7.05 Å². The lowest BCUT2D eigenvalue weighted by Gasteiger charge is -2.08. The van der Waals surface area contributed by atoms with E-state index in [0.29, 0.717) is 18.2 Å². The number of nitrogens with zero attached hydrogens (tertiary/aromatic N) is 2. The molecule has 0 radical (unpaired) electrons. The van der Waals surface area contributed by atoms with Gasteiger partial charge in [-0.15, -0.1) is 0 Å². The largest absolute Gasteiger partial charge is 0.378 e. The molecule has 0 bridgehead atoms. The Labute approximate surface area is 95.6 Å². The molecule has 1 aliphatic heterocycles. The van der Waals surface area contributed by atoms with E-state index >= 15 is 0 Å². The number of hydrogen-bond acceptors (Lipinski definition) is 3. The van der Waals surface area contributed by atoms with Gasteiger partial charge in [0.2, 0.25) is 0 Å². The Morgan fingerprint density at radius 1 is 1.69 bits per heavy atom. The summed E-state index contributed by atoms with van der Waals surface area (Å²) >= 11 is 0. The Morgan fingerprint density at radius 3 is 3.19 bits per heavy atom. The summed E-state index contributed by atoms with van der Waals surface area (Å²) in [7, 11) is 1.80. The highest BCUT2D eigenvalue weighted by Crippen LogP contribution is 2.18. The predicted molar refractivity (Wildman–Crippen MR) is 60.4 cm³/mol. The maximum absolute atomic E-state index is 11.8. The number of hydrogen-bond donors (Lipinski definition) is 0. The number of ether oxygens (including phenoxy) is 1. The highest BCUT2D eigenvalue weighted by atomic mass is 16.5. The van der Waals surface area contributed by atoms with E-state index in [2.05, 4.69) is 5.10 Å². The standard InChI is InChI=1S/C12H18N2O2/c1-14-11(7-8-13-14)12(15)6-2-4-10-5-3-9-16-10/h7-8,10H,2-6,9H2,1H3. The maximum Gasteiger partial charge on any atom is 0.180 e. The van der Waals surface area contributed by atoms with Crippen molar-refractivity contribution in [3.63, 3.8) is 0 Å². The highest BCUT2D eigenvalue weighted by Gasteiger charge is 2.16. The van der Waals surface area contributed by atoms with Gasteiger partial charge in [0, 0.05) is 26.3 Å². The van der Waals surface area contributed by atoms with Gasteiger partial charge in [-0.3, -0.25) is 9.48 Å². The number of aryl methyl sites for hydroxylation is 1. The molecule has 0 spiro atoms. The molecule has 4 nitrogen and oxygen atoms in total. The number of ketones is 1. The van der Waals surface area contributed by atoms with Crippen LogP contribution in [0.15, 0.2) is 12.3 Å². The highest BCUT2D eigenvalue weighted by molar-refractivity contribution is 5.94. The molecule has 4 heteroatoms. The third-order valence-corrected chi connectivity index (χ3v) is 3.06. The molecule has 88 valence electrons. The smallest absolute Gasteiger partial charge is 0.180 e. The van der Waals surface area contributed by atoms with Gasteiger partial charge < -0.3 is 4.74 Å². The quantitative estimate of drug-likeness (QED) is 0.715. The van der Waals surface area contributed by atoms with Crippen LogP contribution in [0.5, 0.6) is 0 Å². The van der Waals surface area contributed by atoms with Crippen LogP contribution in [0.25, 0.3) is 0 Å². The van der Waals surface area contributed by atoms with Crippen LogP contribution in [0.4, 0.5) is 0 Å². The molecule has 0 N–H and O–H groups in total. The Balaban J connectivity index is 1.73. The third kappa shape index (κ3) is 2.70. The fourth-order valence-corrected chi connectivity index (χ4v) is 2.14. The summed E-state index contributed by atoms with van der Waals surface area (Å²) in [6.07, 6.45) is 6.88. The molecule has 0 amide bonds. The molecule has 0 aliphatic carbocycles. The third-order valence-electron chi connectivity index (χ3n) is 3.06. The van der Waals surface area contributed by atoms with E-state index in [4.69, 9.17) is 4.74 Å². The van der Waals surface area contributed by atoms with Crippen LogP contribution in [0.3, 0.4) is 0 Å². The van der Waals surface area contributed by atoms with Crippen molar-refractivity contribution in [2.45, 2.75) is 38.2 Å². The first-order chi connectivity index (χ1) is 7.77. The van der Waals surface area contributed by atoms with Crippen LogP contribution >= 0.6 is 0 Å². The Hall–Kier alpha value is -1.16. The van der Waals surface area contributed by atoms with Gasteiger partial charge in [-0.25, -0.2) is 0 Å². The number of carbonyl (C=O) groups is 1. The molecule has 16 heavy (non-hydrogen) atoms. The van der Waals surface area contributed by atoms with E-state index in [9.17, 15) is 4.79 Å². The molecule has 0 saturated carbocycles. The van der Waals surface area contributed by atoms with Crippen LogP contribution in [-0.2, 0) is 11.8 Å². The first kappa shape index (κ1) is 11.3. The van der Waals surface area contributed by atoms with Crippen LogP contribution in [0, 0.1) is 0 Å². The van der Waals surface area contributed by atoms with Crippen molar-refractivity contribution < 1.29 is 9.53 Å². The topological polar surface area (TPSA) is 44.1 Å². The first-order valence-electron chi connectivity index (χ1n) is 5.90. The monoisotopic (exact) mass is 222 g/mol. The molecular formula is C12H18N2O2. The van der Waals surface area contributed by atoms with Gasteiger partial charge in [-0.2, -0.15) is 5.10 Å². The van der Waals surface area contributed by atoms with Gasteiger partial charge in [0.1, 0.15) is 5.69 Å². The zero-order chi connectivity index (χ0) is 11.4. The van der Waals surface area contributed by atoms with Crippen molar-refractivity contribution in [3.8, 4) is 0 Å². The van der Waals surface area contributed by atoms with Gasteiger partial charge in [0.25, 0.3) is 0 Å². The summed E-state index contributed by atoms with van der Waals surface area (Å²) in [6.45, 7) is 0.889. The normalized spacial score (nSPS) is 20.2. The minimum atomic E-state index is 0.179. The van der Waals surface area contributed by atoms with Crippen molar-refractivity contribution >= 4 is 5.78 Å². The zero-order valence-corrected chi connectivity index (χ0v) is 9.69. The summed E-state index contributed by atoms with van der Waals surface area (Å²) in [5.74, 6) is 0.179. The summed E-state index contributed by atoms with van der Waals surface area (Å²) in [6, 6.07) is 1.77. The van der Waals surface area contributed by atoms with Crippen LogP contribution in [0.2, 0.25) is 0 Å². The van der Waals surface area contributed by atoms with Gasteiger partial charge in [-0.05, 0) is 31.7 Å². The lowest BCUT2D eigenvalue weighted by atomic mass is 10.1. The second kappa shape index (κ2) is 5.25. The lowest BCUT2D eigenvalue weighted by Crippen LogP contribution is -2.09. The van der Waals surface area contributed by atoms with Gasteiger partial charge in [-0.1, -0.05) is 0 Å². The number of Topliss-reactive ketones (excluding diaryl/α,β-unsaturated/α-hetero) is 1. The van der Waals surface area contributed by atoms with Crippen molar-refractivity contribution in [2.75, 3.05) is 6.61 Å². The molecule has 2 heterocycles. The SMILES string of the molecule is Cn1nccc1C(=O)CCCC1CCCO1. The van der Waals surface area contributed by atoms with Crippen LogP contribution in [0.1, 0.15) is 42.6 Å². The molecule has 1 fully saturated rings. The van der Waals surface area contributed by atoms with E-state index in [-0.39, 0.29) is 5.78 Å². The number of rotatable bonds is 5. The Bertz CT molecular complexity index is 354. The summed E-state index contributed by atoms with van der Waals surface area (Å²) in [5.41, 5.74) is 0.701. The molecule has 0 aromatic carbocycles. The predicted octanol–water partition coefficient (Wildman–Crippen LogP) is 1.95. The average molecular weight is 222 g/mol. The average Bonchev–Trinajstić information content (AvgIpc) is 2.88. The number of aromatic nitrogens is 2. The molecule has 1 unspecified atom stereocenters. The lowest BCUT2D eigenvalue weighted by molar-refractivity contribution is 0.0916. The summed E-state index contributed by atoms with van der Waals surface area (Å²) in [5, 5.41) is 3.99. The van der Waals surface area contributed by atoms with E-state index in [1.54, 1.807) is 24.0 Å². The second-order valence-corrected chi connectivity index (χ2v) is 4.29. The molecule has 1 aromatic rings. The minimum absolute atomic E-state index is 0.179. The van der Waals surface area contributed by atoms with Gasteiger partial charge in [0.15, 0.2) is 5.78 Å². The second-order valence-electron chi connectivity index (χ2n) is 4.29. The van der Waals surface area contributed by atoms with Gasteiger partial charge in [0.05, 0.1) is 6.10 Å². The van der Waals surface area contributed by atoms with Crippen molar-refractivity contribution in [1.82, 2.24) is 9.78 Å². The zero-order valence-electron chi connectivity index (χ0n) is 9.69. The fourth-order valence-electron chi connectivity index (χ4n) is 2.14. The van der Waals surface area contributed by atoms with E-state index in [1.807, 2.05) is 0 Å². The van der Waals surface area contributed by atoms with Crippen molar-refractivity contribution in [3.05, 3.63) is 18.0 Å². The van der Waals surface area contributed by atoms with Crippen LogP contribution < -0.4 is 0 Å². The molecule has 1 aliphatic rings. The number of carbonyl (C=O) groups excluding carboxylic acids is 1. The molecule has 1 saturated heterocycles. The van der Waals surface area contributed by atoms with E-state index in [1.165, 1.54) is 6.42 Å². The molecule has 2 rings (SSSR count). The first-order valence-corrected chi connectivity index (χ1v) is 5.90. The van der Waals surface area contributed by atoms with E-state index < -0.39 is 0 Å². The van der Waals surface area contributed by atoms with Crippen molar-refractivity contribution in [1.29, 1.82) is 0 Å². The minimum Gasteiger partial charge on any atom is -0.378 e. The van der Waals surface area contributed by atoms with E-state index in [0.717, 1.165) is 25.9 Å². The molecule has 1 atom stereocenters. The Morgan fingerprint density at radius 2 is 2.56 bits per heavy atom. The maximum atomic E-state index is 11.8.